The first-order chi connectivity index (χ1) is 15.1. The van der Waals surface area contributed by atoms with Gasteiger partial charge in [0.05, 0.1) is 26.4 Å². The highest BCUT2D eigenvalue weighted by atomic mass is 16.8. The summed E-state index contributed by atoms with van der Waals surface area (Å²) < 4.78 is 21.6. The van der Waals surface area contributed by atoms with E-state index in [1.165, 1.54) is 0 Å². The lowest BCUT2D eigenvalue weighted by molar-refractivity contribution is -0.305. The second-order valence-corrected chi connectivity index (χ2v) is 7.84. The Hall–Kier alpha value is -1.46. The zero-order chi connectivity index (χ0) is 23.5. The van der Waals surface area contributed by atoms with Crippen LogP contribution in [0.25, 0.3) is 0 Å². The highest BCUT2D eigenvalue weighted by Gasteiger charge is 2.50. The molecule has 0 aromatic heterocycles. The molecule has 0 bridgehead atoms. The molecule has 2 fully saturated rings. The number of hydrogen-bond donors (Lipinski definition) is 8. The van der Waals surface area contributed by atoms with Crippen LogP contribution < -0.4 is 4.74 Å². The lowest BCUT2D eigenvalue weighted by Gasteiger charge is -2.40. The van der Waals surface area contributed by atoms with Gasteiger partial charge in [0.2, 0.25) is 6.29 Å². The Balaban J connectivity index is 1.58. The molecule has 2 saturated heterocycles. The van der Waals surface area contributed by atoms with Crippen molar-refractivity contribution in [3.8, 4) is 5.75 Å². The first-order valence-electron chi connectivity index (χ1n) is 9.99. The van der Waals surface area contributed by atoms with Crippen LogP contribution in [-0.2, 0) is 20.6 Å². The molecule has 0 spiro atoms. The number of nitrogens with zero attached hydrogens (tertiary/aromatic N) is 1. The third-order valence-electron chi connectivity index (χ3n) is 5.45. The Labute approximate surface area is 183 Å². The van der Waals surface area contributed by atoms with Crippen molar-refractivity contribution in [3.63, 3.8) is 0 Å². The summed E-state index contributed by atoms with van der Waals surface area (Å²) in [5.41, 5.74) is -1.09. The molecule has 2 aliphatic heterocycles. The van der Waals surface area contributed by atoms with Crippen LogP contribution in [0.4, 0.5) is 0 Å². The molecule has 8 N–H and O–H groups in total. The molecule has 2 heterocycles. The molecule has 32 heavy (non-hydrogen) atoms. The van der Waals surface area contributed by atoms with Crippen molar-refractivity contribution in [1.29, 1.82) is 0 Å². The zero-order valence-corrected chi connectivity index (χ0v) is 17.0. The maximum Gasteiger partial charge on any atom is 0.229 e. The molecule has 13 heteroatoms. The quantitative estimate of drug-likeness (QED) is 0.172. The van der Waals surface area contributed by atoms with Crippen LogP contribution in [0.3, 0.4) is 0 Å². The molecule has 1 aromatic carbocycles. The van der Waals surface area contributed by atoms with Crippen molar-refractivity contribution in [2.24, 2.45) is 0 Å². The van der Waals surface area contributed by atoms with E-state index in [9.17, 15) is 30.6 Å². The first kappa shape index (κ1) is 25.2. The van der Waals surface area contributed by atoms with Gasteiger partial charge in [-0.1, -0.05) is 17.4 Å². The van der Waals surface area contributed by atoms with E-state index in [-0.39, 0.29) is 30.7 Å². The van der Waals surface area contributed by atoms with E-state index in [0.717, 1.165) is 5.56 Å². The van der Waals surface area contributed by atoms with Crippen LogP contribution in [0.1, 0.15) is 5.56 Å². The summed E-state index contributed by atoms with van der Waals surface area (Å²) in [6.07, 6.45) is -9.75. The van der Waals surface area contributed by atoms with Crippen LogP contribution in [0.2, 0.25) is 0 Å². The fraction of sp³-hybridized carbons (Fsp3) is 0.684. The van der Waals surface area contributed by atoms with Crippen molar-refractivity contribution in [2.75, 3.05) is 26.4 Å². The van der Waals surface area contributed by atoms with Gasteiger partial charge in [0, 0.05) is 0 Å². The van der Waals surface area contributed by atoms with Gasteiger partial charge in [-0.2, -0.15) is 0 Å². The summed E-state index contributed by atoms with van der Waals surface area (Å²) >= 11 is 0. The Kier molecular flexibility index (Phi) is 8.37. The standard InChI is InChI=1S/C19H29NO12/c21-8-19(26)9-30-18(16(19)25)29-7-12-13(22)14(23)15(24)17(32-12)31-11-3-1-10(2-4-11)5-6-20(27)28/h1-4,12-18,21-28H,5-9H2/t12-,13-,14+,15-,16-,17-,18-,19+/m0/s1. The molecule has 13 nitrogen and oxygen atoms in total. The van der Waals surface area contributed by atoms with Gasteiger partial charge >= 0.3 is 0 Å². The molecule has 0 aliphatic carbocycles. The first-order valence-corrected chi connectivity index (χ1v) is 9.99. The molecule has 0 unspecified atom stereocenters. The van der Waals surface area contributed by atoms with Gasteiger partial charge in [0.1, 0.15) is 41.9 Å². The van der Waals surface area contributed by atoms with E-state index in [2.05, 4.69) is 0 Å². The highest BCUT2D eigenvalue weighted by Crippen LogP contribution is 2.28. The average molecular weight is 463 g/mol. The summed E-state index contributed by atoms with van der Waals surface area (Å²) in [7, 11) is 0. The monoisotopic (exact) mass is 463 g/mol. The van der Waals surface area contributed by atoms with Crippen molar-refractivity contribution < 1.29 is 60.0 Å². The van der Waals surface area contributed by atoms with Gasteiger partial charge in [-0.25, -0.2) is 0 Å². The summed E-state index contributed by atoms with van der Waals surface area (Å²) in [5.74, 6) is 0.286. The number of hydroxylamine groups is 2. The van der Waals surface area contributed by atoms with E-state index < -0.39 is 55.3 Å². The van der Waals surface area contributed by atoms with E-state index in [1.54, 1.807) is 24.3 Å². The summed E-state index contributed by atoms with van der Waals surface area (Å²) in [5, 5.41) is 77.4. The van der Waals surface area contributed by atoms with Gasteiger partial charge in [0.15, 0.2) is 6.29 Å². The van der Waals surface area contributed by atoms with E-state index >= 15 is 0 Å². The van der Waals surface area contributed by atoms with Crippen molar-refractivity contribution >= 4 is 0 Å². The molecule has 0 radical (unpaired) electrons. The maximum atomic E-state index is 10.2. The Bertz CT molecular complexity index is 721. The second kappa shape index (κ2) is 10.6. The number of rotatable bonds is 9. The fourth-order valence-electron chi connectivity index (χ4n) is 3.37. The number of benzene rings is 1. The largest absolute Gasteiger partial charge is 0.462 e. The van der Waals surface area contributed by atoms with Crippen molar-refractivity contribution in [3.05, 3.63) is 29.8 Å². The van der Waals surface area contributed by atoms with Crippen LogP contribution in [0.15, 0.2) is 24.3 Å². The molecule has 3 rings (SSSR count). The number of ether oxygens (including phenoxy) is 4. The van der Waals surface area contributed by atoms with Crippen LogP contribution in [0.5, 0.6) is 5.75 Å². The SMILES string of the molecule is OC[C@@]1(O)CO[C@H](OC[C@@H]2O[C@H](Oc3ccc(CCN(O)O)cc3)[C@@H](O)[C@H](O)[C@H]2O)[C@@H]1O. The lowest BCUT2D eigenvalue weighted by atomic mass is 9.99. The minimum absolute atomic E-state index is 0.00548. The van der Waals surface area contributed by atoms with Crippen molar-refractivity contribution in [1.82, 2.24) is 5.23 Å². The topological polar surface area (TPSA) is 202 Å². The second-order valence-electron chi connectivity index (χ2n) is 7.84. The number of hydrogen-bond acceptors (Lipinski definition) is 13. The third kappa shape index (κ3) is 5.72. The van der Waals surface area contributed by atoms with E-state index in [0.29, 0.717) is 6.42 Å². The smallest absolute Gasteiger partial charge is 0.229 e. The summed E-state index contributed by atoms with van der Waals surface area (Å²) in [6.45, 7) is -1.48. The zero-order valence-electron chi connectivity index (χ0n) is 17.0. The normalized spacial score (nSPS) is 37.7. The molecule has 8 atom stereocenters. The third-order valence-corrected chi connectivity index (χ3v) is 5.45. The van der Waals surface area contributed by atoms with Crippen LogP contribution in [-0.4, -0.2) is 121 Å². The molecule has 182 valence electrons. The number of aliphatic hydroxyl groups is 6. The Morgan fingerprint density at radius 2 is 1.69 bits per heavy atom. The maximum absolute atomic E-state index is 10.2. The predicted molar refractivity (Wildman–Crippen MR) is 101 cm³/mol. The Morgan fingerprint density at radius 1 is 1.00 bits per heavy atom. The highest BCUT2D eigenvalue weighted by molar-refractivity contribution is 5.27. The summed E-state index contributed by atoms with van der Waals surface area (Å²) in [4.78, 5) is 0. The number of aliphatic hydroxyl groups excluding tert-OH is 5. The molecule has 2 aliphatic rings. The molecule has 0 amide bonds. The average Bonchev–Trinajstić information content (AvgIpc) is 3.07. The van der Waals surface area contributed by atoms with Crippen LogP contribution in [0, 0.1) is 0 Å². The molecule has 1 aromatic rings. The van der Waals surface area contributed by atoms with Gasteiger partial charge in [-0.15, -0.1) is 0 Å². The van der Waals surface area contributed by atoms with Crippen molar-refractivity contribution in [2.45, 2.75) is 55.1 Å². The van der Waals surface area contributed by atoms with Crippen LogP contribution >= 0.6 is 0 Å². The van der Waals surface area contributed by atoms with Gasteiger partial charge in [-0.3, -0.25) is 10.4 Å². The Morgan fingerprint density at radius 3 is 2.28 bits per heavy atom. The van der Waals surface area contributed by atoms with Gasteiger partial charge < -0.3 is 49.6 Å². The minimum Gasteiger partial charge on any atom is -0.462 e. The molecular weight excluding hydrogens is 434 g/mol. The summed E-state index contributed by atoms with van der Waals surface area (Å²) in [6, 6.07) is 6.46. The van der Waals surface area contributed by atoms with Gasteiger partial charge in [-0.05, 0) is 24.1 Å². The minimum atomic E-state index is -1.88. The molecule has 0 saturated carbocycles. The molecular formula is C19H29NO12. The fourth-order valence-corrected chi connectivity index (χ4v) is 3.37. The van der Waals surface area contributed by atoms with Gasteiger partial charge in [0.25, 0.3) is 0 Å². The predicted octanol–water partition coefficient (Wildman–Crippen LogP) is -3.05. The van der Waals surface area contributed by atoms with E-state index in [1.807, 2.05) is 0 Å². The van der Waals surface area contributed by atoms with E-state index in [4.69, 9.17) is 29.4 Å². The lowest BCUT2D eigenvalue weighted by Crippen LogP contribution is -2.60.